The van der Waals surface area contributed by atoms with Gasteiger partial charge in [0, 0.05) is 30.9 Å². The Morgan fingerprint density at radius 2 is 2.00 bits per heavy atom. The number of hydrogen-bond donors (Lipinski definition) is 0. The van der Waals surface area contributed by atoms with Crippen molar-refractivity contribution in [1.82, 2.24) is 29.3 Å². The first-order valence-electron chi connectivity index (χ1n) is 12.9. The monoisotopic (exact) mass is 486 g/mol. The first-order chi connectivity index (χ1) is 17.2. The molecule has 2 aliphatic rings. The molecule has 3 aromatic heterocycles. The lowest BCUT2D eigenvalue weighted by molar-refractivity contribution is 0.153. The quantitative estimate of drug-likeness (QED) is 0.354. The van der Waals surface area contributed by atoms with Crippen LogP contribution in [0.3, 0.4) is 0 Å². The average Bonchev–Trinajstić information content (AvgIpc) is 3.52. The van der Waals surface area contributed by atoms with Crippen LogP contribution in [0.15, 0.2) is 54.2 Å². The minimum Gasteiger partial charge on any atom is -0.327 e. The maximum atomic E-state index is 5.13. The van der Waals surface area contributed by atoms with Crippen LogP contribution >= 0.6 is 11.3 Å². The van der Waals surface area contributed by atoms with Crippen molar-refractivity contribution in [2.75, 3.05) is 20.1 Å². The summed E-state index contributed by atoms with van der Waals surface area (Å²) >= 11 is 1.76. The number of piperidine rings is 1. The number of pyridine rings is 1. The van der Waals surface area contributed by atoms with Crippen LogP contribution in [0.4, 0.5) is 0 Å². The van der Waals surface area contributed by atoms with Crippen molar-refractivity contribution in [1.29, 1.82) is 0 Å². The van der Waals surface area contributed by atoms with Gasteiger partial charge in [0.05, 0.1) is 35.9 Å². The summed E-state index contributed by atoms with van der Waals surface area (Å²) in [6, 6.07) is 13.3. The standard InChI is InChI=1S/C28H34N6S/c1-32(25-12-4-8-22-9-5-13-30-28(22)25)19-26-31-23-10-2-3-11-24(23)34(26)18-21-7-6-15-33(17-21)20-27-29-14-16-35-27/h2-3,5,9-11,13-14,16,21,25H,4,6-8,12,15,17-20H2,1H3/t21-,25-/m0/s1. The second-order valence-corrected chi connectivity index (χ2v) is 11.1. The molecule has 1 aliphatic carbocycles. The molecular weight excluding hydrogens is 452 g/mol. The minimum absolute atomic E-state index is 0.358. The zero-order valence-electron chi connectivity index (χ0n) is 20.5. The first-order valence-corrected chi connectivity index (χ1v) is 13.8. The Morgan fingerprint density at radius 3 is 2.91 bits per heavy atom. The number of benzene rings is 1. The van der Waals surface area contributed by atoms with Gasteiger partial charge in [0.15, 0.2) is 0 Å². The number of imidazole rings is 1. The number of likely N-dealkylation sites (tertiary alicyclic amines) is 1. The van der Waals surface area contributed by atoms with Crippen LogP contribution in [0.25, 0.3) is 11.0 Å². The van der Waals surface area contributed by atoms with E-state index in [2.05, 4.69) is 68.2 Å². The summed E-state index contributed by atoms with van der Waals surface area (Å²) in [6.07, 6.45) is 9.92. The van der Waals surface area contributed by atoms with Gasteiger partial charge in [0.1, 0.15) is 10.8 Å². The van der Waals surface area contributed by atoms with Crippen molar-refractivity contribution in [3.63, 3.8) is 0 Å². The van der Waals surface area contributed by atoms with Crippen LogP contribution in [-0.4, -0.2) is 49.5 Å². The third-order valence-corrected chi connectivity index (χ3v) is 8.47. The number of fused-ring (bicyclic) bond motifs is 2. The molecule has 7 heteroatoms. The Hall–Kier alpha value is -2.61. The SMILES string of the molecule is CN(Cc1nc2ccccc2n1C[C@H]1CCCN(Cc2nccs2)C1)[C@H]1CCCc2cccnc21. The number of aryl methyl sites for hydroxylation is 1. The summed E-state index contributed by atoms with van der Waals surface area (Å²) in [7, 11) is 2.24. The summed E-state index contributed by atoms with van der Waals surface area (Å²) in [4.78, 5) is 19.5. The topological polar surface area (TPSA) is 50.1 Å². The highest BCUT2D eigenvalue weighted by Gasteiger charge is 2.27. The molecule has 1 saturated heterocycles. The molecule has 0 amide bonds. The van der Waals surface area contributed by atoms with E-state index in [9.17, 15) is 0 Å². The summed E-state index contributed by atoms with van der Waals surface area (Å²) in [5.74, 6) is 1.80. The number of para-hydroxylation sites is 2. The number of aromatic nitrogens is 4. The van der Waals surface area contributed by atoms with E-state index in [1.54, 1.807) is 11.3 Å². The van der Waals surface area contributed by atoms with Gasteiger partial charge in [-0.05, 0) is 75.4 Å². The molecule has 2 atom stereocenters. The average molecular weight is 487 g/mol. The lowest BCUT2D eigenvalue weighted by Gasteiger charge is -2.34. The predicted molar refractivity (Wildman–Crippen MR) is 141 cm³/mol. The second-order valence-electron chi connectivity index (χ2n) is 10.2. The Balaban J connectivity index is 1.23. The molecule has 6 nitrogen and oxygen atoms in total. The van der Waals surface area contributed by atoms with Crippen molar-refractivity contribution in [2.45, 2.75) is 57.8 Å². The molecule has 0 spiro atoms. The van der Waals surface area contributed by atoms with Crippen LogP contribution in [0.1, 0.15) is 53.8 Å². The van der Waals surface area contributed by atoms with Crippen LogP contribution in [0, 0.1) is 5.92 Å². The lowest BCUT2D eigenvalue weighted by Crippen LogP contribution is -2.37. The predicted octanol–water partition coefficient (Wildman–Crippen LogP) is 5.31. The van der Waals surface area contributed by atoms with E-state index in [1.807, 2.05) is 12.4 Å². The van der Waals surface area contributed by atoms with Crippen LogP contribution in [0.5, 0.6) is 0 Å². The highest BCUT2D eigenvalue weighted by atomic mass is 32.1. The molecular formula is C28H34N6S. The molecule has 0 radical (unpaired) electrons. The molecule has 1 aromatic carbocycles. The highest BCUT2D eigenvalue weighted by Crippen LogP contribution is 2.33. The van der Waals surface area contributed by atoms with Crippen LogP contribution in [0.2, 0.25) is 0 Å². The van der Waals surface area contributed by atoms with E-state index in [4.69, 9.17) is 9.97 Å². The molecule has 182 valence electrons. The molecule has 1 fully saturated rings. The summed E-state index contributed by atoms with van der Waals surface area (Å²) in [5.41, 5.74) is 5.03. The third-order valence-electron chi connectivity index (χ3n) is 7.71. The fourth-order valence-electron chi connectivity index (χ4n) is 6.02. The fourth-order valence-corrected chi connectivity index (χ4v) is 6.68. The van der Waals surface area contributed by atoms with Crippen molar-refractivity contribution >= 4 is 22.4 Å². The Morgan fingerprint density at radius 1 is 1.06 bits per heavy atom. The van der Waals surface area contributed by atoms with E-state index in [-0.39, 0.29) is 0 Å². The maximum absolute atomic E-state index is 5.13. The summed E-state index contributed by atoms with van der Waals surface area (Å²) in [5, 5.41) is 3.31. The van der Waals surface area contributed by atoms with Crippen LogP contribution in [-0.2, 0) is 26.1 Å². The van der Waals surface area contributed by atoms with Crippen molar-refractivity contribution in [2.24, 2.45) is 5.92 Å². The van der Waals surface area contributed by atoms with Crippen molar-refractivity contribution in [3.8, 4) is 0 Å². The van der Waals surface area contributed by atoms with Gasteiger partial charge in [-0.2, -0.15) is 0 Å². The molecule has 4 heterocycles. The lowest BCUT2D eigenvalue weighted by atomic mass is 9.91. The molecule has 1 aliphatic heterocycles. The molecule has 4 aromatic rings. The van der Waals surface area contributed by atoms with Gasteiger partial charge in [-0.15, -0.1) is 11.3 Å². The highest BCUT2D eigenvalue weighted by molar-refractivity contribution is 7.09. The third kappa shape index (κ3) is 4.90. The van der Waals surface area contributed by atoms with Gasteiger partial charge in [0.25, 0.3) is 0 Å². The van der Waals surface area contributed by atoms with Gasteiger partial charge in [-0.25, -0.2) is 9.97 Å². The van der Waals surface area contributed by atoms with Gasteiger partial charge < -0.3 is 4.57 Å². The normalized spacial score (nSPS) is 21.0. The van der Waals surface area contributed by atoms with Crippen LogP contribution < -0.4 is 0 Å². The largest absolute Gasteiger partial charge is 0.327 e. The molecule has 0 N–H and O–H groups in total. The minimum atomic E-state index is 0.358. The Labute approximate surface area is 211 Å². The number of rotatable bonds is 7. The molecule has 35 heavy (non-hydrogen) atoms. The van der Waals surface area contributed by atoms with E-state index < -0.39 is 0 Å². The fraction of sp³-hybridized carbons (Fsp3) is 0.464. The zero-order chi connectivity index (χ0) is 23.6. The molecule has 0 saturated carbocycles. The van der Waals surface area contributed by atoms with Gasteiger partial charge in [-0.3, -0.25) is 14.8 Å². The summed E-state index contributed by atoms with van der Waals surface area (Å²) < 4.78 is 2.51. The molecule has 0 unspecified atom stereocenters. The van der Waals surface area contributed by atoms with E-state index in [0.717, 1.165) is 44.5 Å². The van der Waals surface area contributed by atoms with Gasteiger partial charge >= 0.3 is 0 Å². The zero-order valence-corrected chi connectivity index (χ0v) is 21.3. The number of thiazole rings is 1. The van der Waals surface area contributed by atoms with Gasteiger partial charge in [-0.1, -0.05) is 18.2 Å². The van der Waals surface area contributed by atoms with E-state index in [1.165, 1.54) is 53.4 Å². The Kier molecular flexibility index (Phi) is 6.63. The van der Waals surface area contributed by atoms with Crippen molar-refractivity contribution < 1.29 is 0 Å². The number of nitrogens with zero attached hydrogens (tertiary/aromatic N) is 6. The summed E-state index contributed by atoms with van der Waals surface area (Å²) in [6.45, 7) is 5.14. The van der Waals surface area contributed by atoms with E-state index >= 15 is 0 Å². The number of hydrogen-bond acceptors (Lipinski definition) is 6. The van der Waals surface area contributed by atoms with E-state index in [0.29, 0.717) is 12.0 Å². The maximum Gasteiger partial charge on any atom is 0.124 e. The Bertz CT molecular complexity index is 1270. The molecule has 6 rings (SSSR count). The molecule has 0 bridgehead atoms. The second kappa shape index (κ2) is 10.2. The van der Waals surface area contributed by atoms with Crippen molar-refractivity contribution in [3.05, 3.63) is 76.3 Å². The van der Waals surface area contributed by atoms with Gasteiger partial charge in [0.2, 0.25) is 0 Å². The first kappa shape index (κ1) is 22.8. The smallest absolute Gasteiger partial charge is 0.124 e.